The van der Waals surface area contributed by atoms with Crippen molar-refractivity contribution < 1.29 is 8.78 Å². The predicted octanol–water partition coefficient (Wildman–Crippen LogP) is 5.85. The molecule has 1 saturated carbocycles. The summed E-state index contributed by atoms with van der Waals surface area (Å²) >= 11 is 0. The minimum absolute atomic E-state index is 0.299. The van der Waals surface area contributed by atoms with Gasteiger partial charge in [-0.05, 0) is 37.5 Å². The summed E-state index contributed by atoms with van der Waals surface area (Å²) in [6.45, 7) is 0.986. The Hall–Kier alpha value is -2.61. The number of aromatic nitrogens is 1. The van der Waals surface area contributed by atoms with Crippen LogP contribution in [0, 0.1) is 18.3 Å². The molecule has 0 atom stereocenters. The zero-order valence-corrected chi connectivity index (χ0v) is 16.9. The van der Waals surface area contributed by atoms with Gasteiger partial charge in [-0.25, -0.2) is 8.78 Å². The summed E-state index contributed by atoms with van der Waals surface area (Å²) in [4.78, 5) is 1.78. The number of benzene rings is 1. The van der Waals surface area contributed by atoms with Gasteiger partial charge in [0.2, 0.25) is 0 Å². The monoisotopic (exact) mass is 395 g/mol. The van der Waals surface area contributed by atoms with Crippen LogP contribution in [0.2, 0.25) is 0 Å². The molecule has 0 spiro atoms. The number of allylic oxidation sites excluding steroid dienone is 2. The number of hydrogen-bond acceptors (Lipinski definition) is 2. The van der Waals surface area contributed by atoms with Crippen molar-refractivity contribution in [1.29, 1.82) is 5.26 Å². The van der Waals surface area contributed by atoms with Crippen LogP contribution < -0.4 is 0 Å². The Morgan fingerprint density at radius 3 is 2.62 bits per heavy atom. The van der Waals surface area contributed by atoms with E-state index in [-0.39, 0.29) is 0 Å². The molecule has 1 aliphatic heterocycles. The summed E-state index contributed by atoms with van der Waals surface area (Å²) in [5.74, 6) is 0. The molecular weight excluding hydrogens is 368 g/mol. The Bertz CT molecular complexity index is 986. The minimum atomic E-state index is -0.836. The average molecular weight is 395 g/mol. The van der Waals surface area contributed by atoms with Crippen molar-refractivity contribution >= 4 is 16.6 Å². The second-order valence-electron chi connectivity index (χ2n) is 8.11. The van der Waals surface area contributed by atoms with Crippen LogP contribution in [-0.2, 0) is 0 Å². The van der Waals surface area contributed by atoms with Crippen molar-refractivity contribution in [3.8, 4) is 6.07 Å². The number of hydrogen-bond donors (Lipinski definition) is 0. The summed E-state index contributed by atoms with van der Waals surface area (Å²) in [5.41, 5.74) is 4.37. The number of nitrogens with zero attached hydrogens (tertiary/aromatic N) is 3. The first-order valence-electron chi connectivity index (χ1n) is 10.5. The van der Waals surface area contributed by atoms with Gasteiger partial charge < -0.3 is 9.47 Å². The van der Waals surface area contributed by atoms with E-state index in [0.29, 0.717) is 18.2 Å². The van der Waals surface area contributed by atoms with Gasteiger partial charge in [-0.3, -0.25) is 0 Å². The van der Waals surface area contributed by atoms with Gasteiger partial charge in [0.05, 0.1) is 28.5 Å². The molecule has 152 valence electrons. The number of rotatable bonds is 5. The summed E-state index contributed by atoms with van der Waals surface area (Å²) in [6, 6.07) is 8.05. The molecule has 0 saturated heterocycles. The average Bonchev–Trinajstić information content (AvgIpc) is 3.08. The summed E-state index contributed by atoms with van der Waals surface area (Å²) < 4.78 is 29.5. The number of aryl methyl sites for hydroxylation is 1. The van der Waals surface area contributed by atoms with E-state index in [9.17, 15) is 14.0 Å². The summed E-state index contributed by atoms with van der Waals surface area (Å²) in [5, 5.41) is 11.0. The van der Waals surface area contributed by atoms with E-state index >= 15 is 0 Å². The fourth-order valence-electron chi connectivity index (χ4n) is 4.80. The molecule has 1 fully saturated rings. The third-order valence-corrected chi connectivity index (χ3v) is 6.25. The van der Waals surface area contributed by atoms with E-state index < -0.39 is 19.4 Å². The predicted molar refractivity (Wildman–Crippen MR) is 113 cm³/mol. The van der Waals surface area contributed by atoms with Gasteiger partial charge in [0.15, 0.2) is 0 Å². The third kappa shape index (κ3) is 3.46. The van der Waals surface area contributed by atoms with Crippen LogP contribution >= 0.6 is 0 Å². The molecule has 1 aliphatic carbocycles. The van der Waals surface area contributed by atoms with Crippen molar-refractivity contribution in [3.05, 3.63) is 53.2 Å². The third-order valence-electron chi connectivity index (χ3n) is 6.25. The normalized spacial score (nSPS) is 17.8. The molecule has 1 aromatic heterocycles. The van der Waals surface area contributed by atoms with Gasteiger partial charge >= 0.3 is 0 Å². The SMILES string of the molecule is Cc1ccc2c(C#N)c(C3=CC=CCN3C(CF)CF)n(C3CCCCC3)c2c1. The van der Waals surface area contributed by atoms with Crippen molar-refractivity contribution in [1.82, 2.24) is 9.47 Å². The van der Waals surface area contributed by atoms with Crippen LogP contribution in [0.1, 0.15) is 55.0 Å². The second-order valence-corrected chi connectivity index (χ2v) is 8.11. The van der Waals surface area contributed by atoms with Crippen LogP contribution in [0.3, 0.4) is 0 Å². The van der Waals surface area contributed by atoms with Crippen LogP contribution in [0.25, 0.3) is 16.6 Å². The van der Waals surface area contributed by atoms with E-state index in [1.54, 1.807) is 4.90 Å². The standard InChI is InChI=1S/C24H27F2N3/c1-17-10-11-20-21(16-27)24(22-9-5-6-12-28(22)19(14-25)15-26)29(23(20)13-17)18-7-3-2-4-8-18/h5-6,9-11,13,18-19H,2-4,7-8,12,14-15H2,1H3. The van der Waals surface area contributed by atoms with E-state index in [0.717, 1.165) is 53.5 Å². The largest absolute Gasteiger partial charge is 0.358 e. The highest BCUT2D eigenvalue weighted by Crippen LogP contribution is 2.40. The smallest absolute Gasteiger partial charge is 0.112 e. The van der Waals surface area contributed by atoms with Crippen molar-refractivity contribution in [2.75, 3.05) is 19.9 Å². The molecule has 2 aromatic rings. The number of halogens is 2. The maximum absolute atomic E-state index is 13.6. The van der Waals surface area contributed by atoms with Gasteiger partial charge in [0.25, 0.3) is 0 Å². The Morgan fingerprint density at radius 1 is 1.17 bits per heavy atom. The molecule has 0 radical (unpaired) electrons. The van der Waals surface area contributed by atoms with E-state index in [2.05, 4.69) is 23.6 Å². The lowest BCUT2D eigenvalue weighted by atomic mass is 9.94. The molecule has 1 aromatic carbocycles. The quantitative estimate of drug-likeness (QED) is 0.636. The molecule has 5 heteroatoms. The highest BCUT2D eigenvalue weighted by molar-refractivity contribution is 5.93. The molecular formula is C24H27F2N3. The molecule has 2 aliphatic rings. The van der Waals surface area contributed by atoms with Gasteiger partial charge in [0.1, 0.15) is 19.4 Å². The van der Waals surface area contributed by atoms with Gasteiger partial charge in [-0.2, -0.15) is 5.26 Å². The first-order valence-corrected chi connectivity index (χ1v) is 10.5. The van der Waals surface area contributed by atoms with Crippen molar-refractivity contribution in [2.45, 2.75) is 51.1 Å². The summed E-state index contributed by atoms with van der Waals surface area (Å²) in [6.07, 6.45) is 11.4. The molecule has 29 heavy (non-hydrogen) atoms. The van der Waals surface area contributed by atoms with Gasteiger partial charge in [0, 0.05) is 18.0 Å². The lowest BCUT2D eigenvalue weighted by Crippen LogP contribution is -2.39. The molecule has 3 nitrogen and oxygen atoms in total. The van der Waals surface area contributed by atoms with Gasteiger partial charge in [-0.15, -0.1) is 0 Å². The fourth-order valence-corrected chi connectivity index (χ4v) is 4.80. The zero-order valence-electron chi connectivity index (χ0n) is 16.9. The first-order chi connectivity index (χ1) is 14.2. The summed E-state index contributed by atoms with van der Waals surface area (Å²) in [7, 11) is 0. The van der Waals surface area contributed by atoms with Gasteiger partial charge in [-0.1, -0.05) is 43.5 Å². The fraction of sp³-hybridized carbons (Fsp3) is 0.458. The number of nitriles is 1. The number of alkyl halides is 2. The highest BCUT2D eigenvalue weighted by Gasteiger charge is 2.31. The molecule has 0 bridgehead atoms. The Balaban J connectivity index is 1.98. The van der Waals surface area contributed by atoms with E-state index in [1.807, 2.05) is 30.4 Å². The maximum Gasteiger partial charge on any atom is 0.112 e. The van der Waals surface area contributed by atoms with Crippen molar-refractivity contribution in [3.63, 3.8) is 0 Å². The lowest BCUT2D eigenvalue weighted by Gasteiger charge is -2.35. The van der Waals surface area contributed by atoms with E-state index in [1.165, 1.54) is 6.42 Å². The van der Waals surface area contributed by atoms with Crippen molar-refractivity contribution in [2.24, 2.45) is 0 Å². The second kappa shape index (κ2) is 8.41. The maximum atomic E-state index is 13.6. The Morgan fingerprint density at radius 2 is 1.93 bits per heavy atom. The van der Waals surface area contributed by atoms with Crippen LogP contribution in [0.5, 0.6) is 0 Å². The Kier molecular flexibility index (Phi) is 5.71. The zero-order chi connectivity index (χ0) is 20.4. The molecule has 0 unspecified atom stereocenters. The van der Waals surface area contributed by atoms with Crippen LogP contribution in [0.4, 0.5) is 8.78 Å². The van der Waals surface area contributed by atoms with Crippen LogP contribution in [-0.4, -0.2) is 35.4 Å². The first kappa shape index (κ1) is 19.7. The molecule has 4 rings (SSSR count). The topological polar surface area (TPSA) is 32.0 Å². The number of fused-ring (bicyclic) bond motifs is 1. The highest BCUT2D eigenvalue weighted by atomic mass is 19.1. The molecule has 0 amide bonds. The lowest BCUT2D eigenvalue weighted by molar-refractivity contribution is 0.211. The molecule has 2 heterocycles. The van der Waals surface area contributed by atoms with Crippen LogP contribution in [0.15, 0.2) is 36.4 Å². The minimum Gasteiger partial charge on any atom is -0.358 e. The Labute approximate surface area is 170 Å². The molecule has 0 N–H and O–H groups in total. The van der Waals surface area contributed by atoms with E-state index in [4.69, 9.17) is 0 Å².